The fourth-order valence-corrected chi connectivity index (χ4v) is 2.64. The molecule has 0 radical (unpaired) electrons. The van der Waals surface area contributed by atoms with Crippen molar-refractivity contribution in [2.24, 2.45) is 0 Å². The largest absolute Gasteiger partial charge is 0.310 e. The zero-order chi connectivity index (χ0) is 12.3. The summed E-state index contributed by atoms with van der Waals surface area (Å²) in [6, 6.07) is 12.9. The van der Waals surface area contributed by atoms with Crippen molar-refractivity contribution in [1.82, 2.24) is 5.32 Å². The first-order valence-electron chi connectivity index (χ1n) is 5.73. The van der Waals surface area contributed by atoms with E-state index in [0.717, 1.165) is 11.6 Å². The van der Waals surface area contributed by atoms with Crippen LogP contribution in [-0.4, -0.2) is 6.04 Å². The van der Waals surface area contributed by atoms with Crippen LogP contribution in [0.15, 0.2) is 36.4 Å². The van der Waals surface area contributed by atoms with Gasteiger partial charge in [-0.3, -0.25) is 0 Å². The monoisotopic (exact) mass is 265 g/mol. The Morgan fingerprint density at radius 3 is 2.47 bits per heavy atom. The van der Waals surface area contributed by atoms with Crippen LogP contribution in [0.1, 0.15) is 18.7 Å². The lowest BCUT2D eigenvalue weighted by Crippen LogP contribution is -2.21. The summed E-state index contributed by atoms with van der Waals surface area (Å²) in [6.07, 6.45) is 0. The van der Waals surface area contributed by atoms with E-state index in [9.17, 15) is 0 Å². The molecule has 1 nitrogen and oxygen atoms in total. The van der Waals surface area contributed by atoms with Crippen LogP contribution in [0.4, 0.5) is 0 Å². The van der Waals surface area contributed by atoms with E-state index < -0.39 is 0 Å². The maximum atomic E-state index is 5.88. The number of nitrogens with one attached hydrogen (secondary N) is 1. The molecule has 0 bridgehead atoms. The van der Waals surface area contributed by atoms with Gasteiger partial charge in [-0.1, -0.05) is 37.6 Å². The second kappa shape index (κ2) is 5.67. The van der Waals surface area contributed by atoms with E-state index >= 15 is 0 Å². The lowest BCUT2D eigenvalue weighted by atomic mass is 10.2. The molecule has 1 heterocycles. The normalized spacial score (nSPS) is 11.1. The first-order valence-corrected chi connectivity index (χ1v) is 6.92. The topological polar surface area (TPSA) is 12.0 Å². The number of hydrogen-bond donors (Lipinski definition) is 1. The van der Waals surface area contributed by atoms with E-state index in [2.05, 4.69) is 43.4 Å². The van der Waals surface area contributed by atoms with E-state index in [4.69, 9.17) is 11.6 Å². The van der Waals surface area contributed by atoms with Gasteiger partial charge < -0.3 is 5.32 Å². The molecule has 0 saturated heterocycles. The molecule has 0 spiro atoms. The molecule has 0 atom stereocenters. The summed E-state index contributed by atoms with van der Waals surface area (Å²) < 4.78 is 0. The van der Waals surface area contributed by atoms with Crippen molar-refractivity contribution in [2.75, 3.05) is 0 Å². The third-order valence-electron chi connectivity index (χ3n) is 2.47. The molecule has 0 aliphatic carbocycles. The van der Waals surface area contributed by atoms with Gasteiger partial charge in [0.15, 0.2) is 0 Å². The molecule has 2 rings (SSSR count). The summed E-state index contributed by atoms with van der Waals surface area (Å²) >= 11 is 7.71. The predicted octanol–water partition coefficient (Wildman–Crippen LogP) is 4.57. The van der Waals surface area contributed by atoms with Crippen LogP contribution in [0.25, 0.3) is 10.4 Å². The van der Waals surface area contributed by atoms with Crippen molar-refractivity contribution < 1.29 is 0 Å². The van der Waals surface area contributed by atoms with Crippen molar-refractivity contribution in [1.29, 1.82) is 0 Å². The lowest BCUT2D eigenvalue weighted by Gasteiger charge is -2.05. The fraction of sp³-hybridized carbons (Fsp3) is 0.286. The fourth-order valence-electron chi connectivity index (χ4n) is 1.55. The summed E-state index contributed by atoms with van der Waals surface area (Å²) in [7, 11) is 0. The highest BCUT2D eigenvalue weighted by Gasteiger charge is 2.03. The molecule has 0 amide bonds. The molecule has 90 valence electrons. The lowest BCUT2D eigenvalue weighted by molar-refractivity contribution is 0.593. The standard InChI is InChI=1S/C14H16ClNS/c1-10(2)16-9-13-7-8-14(17-13)11-3-5-12(15)6-4-11/h3-8,10,16H,9H2,1-2H3. The summed E-state index contributed by atoms with van der Waals surface area (Å²) in [5.41, 5.74) is 1.23. The van der Waals surface area contributed by atoms with Crippen molar-refractivity contribution in [3.8, 4) is 10.4 Å². The van der Waals surface area contributed by atoms with E-state index in [1.54, 1.807) is 0 Å². The molecule has 2 aromatic rings. The van der Waals surface area contributed by atoms with Gasteiger partial charge in [-0.15, -0.1) is 11.3 Å². The van der Waals surface area contributed by atoms with Gasteiger partial charge in [0.2, 0.25) is 0 Å². The van der Waals surface area contributed by atoms with Crippen molar-refractivity contribution in [3.63, 3.8) is 0 Å². The summed E-state index contributed by atoms with van der Waals surface area (Å²) in [4.78, 5) is 2.66. The molecular formula is C14H16ClNS. The average Bonchev–Trinajstić information content (AvgIpc) is 2.76. The summed E-state index contributed by atoms with van der Waals surface area (Å²) in [5, 5.41) is 4.21. The summed E-state index contributed by atoms with van der Waals surface area (Å²) in [5.74, 6) is 0. The van der Waals surface area contributed by atoms with Crippen molar-refractivity contribution >= 4 is 22.9 Å². The highest BCUT2D eigenvalue weighted by atomic mass is 35.5. The number of halogens is 1. The zero-order valence-corrected chi connectivity index (χ0v) is 11.6. The summed E-state index contributed by atoms with van der Waals surface area (Å²) in [6.45, 7) is 5.26. The second-order valence-corrected chi connectivity index (χ2v) is 5.91. The Hall–Kier alpha value is -0.830. The quantitative estimate of drug-likeness (QED) is 0.854. The Kier molecular flexibility index (Phi) is 4.21. The minimum Gasteiger partial charge on any atom is -0.310 e. The predicted molar refractivity (Wildman–Crippen MR) is 76.7 cm³/mol. The van der Waals surface area contributed by atoms with Crippen LogP contribution < -0.4 is 5.32 Å². The smallest absolute Gasteiger partial charge is 0.0406 e. The molecular weight excluding hydrogens is 250 g/mol. The Morgan fingerprint density at radius 2 is 1.82 bits per heavy atom. The minimum atomic E-state index is 0.524. The van der Waals surface area contributed by atoms with Gasteiger partial charge in [0.05, 0.1) is 0 Å². The second-order valence-electron chi connectivity index (χ2n) is 4.31. The highest BCUT2D eigenvalue weighted by Crippen LogP contribution is 2.28. The van der Waals surface area contributed by atoms with Crippen LogP contribution in [0.2, 0.25) is 5.02 Å². The molecule has 1 N–H and O–H groups in total. The Bertz CT molecular complexity index is 473. The molecule has 0 unspecified atom stereocenters. The van der Waals surface area contributed by atoms with E-state index in [1.165, 1.54) is 15.3 Å². The molecule has 17 heavy (non-hydrogen) atoms. The van der Waals surface area contributed by atoms with Crippen LogP contribution in [-0.2, 0) is 6.54 Å². The minimum absolute atomic E-state index is 0.524. The van der Waals surface area contributed by atoms with Crippen LogP contribution in [0.3, 0.4) is 0 Å². The number of hydrogen-bond acceptors (Lipinski definition) is 2. The van der Waals surface area contributed by atoms with Crippen LogP contribution in [0, 0.1) is 0 Å². The van der Waals surface area contributed by atoms with Gasteiger partial charge in [-0.25, -0.2) is 0 Å². The average molecular weight is 266 g/mol. The molecule has 3 heteroatoms. The molecule has 0 saturated carbocycles. The van der Waals surface area contributed by atoms with Gasteiger partial charge in [-0.2, -0.15) is 0 Å². The zero-order valence-electron chi connectivity index (χ0n) is 10.0. The maximum Gasteiger partial charge on any atom is 0.0406 e. The van der Waals surface area contributed by atoms with E-state index in [-0.39, 0.29) is 0 Å². The van der Waals surface area contributed by atoms with Crippen molar-refractivity contribution in [2.45, 2.75) is 26.4 Å². The number of rotatable bonds is 4. The SMILES string of the molecule is CC(C)NCc1ccc(-c2ccc(Cl)cc2)s1. The molecule has 0 aliphatic rings. The molecule has 0 aliphatic heterocycles. The van der Waals surface area contributed by atoms with Gasteiger partial charge in [0.25, 0.3) is 0 Å². The Labute approximate surface area is 111 Å². The third-order valence-corrected chi connectivity index (χ3v) is 3.86. The van der Waals surface area contributed by atoms with Gasteiger partial charge in [0.1, 0.15) is 0 Å². The number of thiophene rings is 1. The maximum absolute atomic E-state index is 5.88. The van der Waals surface area contributed by atoms with Crippen LogP contribution >= 0.6 is 22.9 Å². The highest BCUT2D eigenvalue weighted by molar-refractivity contribution is 7.15. The third kappa shape index (κ3) is 3.56. The molecule has 1 aromatic heterocycles. The van der Waals surface area contributed by atoms with Gasteiger partial charge >= 0.3 is 0 Å². The van der Waals surface area contributed by atoms with Gasteiger partial charge in [0, 0.05) is 27.4 Å². The van der Waals surface area contributed by atoms with Gasteiger partial charge in [-0.05, 0) is 29.8 Å². The molecule has 1 aromatic carbocycles. The first kappa shape index (κ1) is 12.6. The van der Waals surface area contributed by atoms with Crippen LogP contribution in [0.5, 0.6) is 0 Å². The van der Waals surface area contributed by atoms with Crippen molar-refractivity contribution in [3.05, 3.63) is 46.3 Å². The van der Waals surface area contributed by atoms with E-state index in [0.29, 0.717) is 6.04 Å². The van der Waals surface area contributed by atoms with E-state index in [1.807, 2.05) is 23.5 Å². The Balaban J connectivity index is 2.10. The Morgan fingerprint density at radius 1 is 1.12 bits per heavy atom. The first-order chi connectivity index (χ1) is 8.15. The number of benzene rings is 1. The molecule has 0 fully saturated rings.